The van der Waals surface area contributed by atoms with Crippen molar-refractivity contribution in [1.29, 1.82) is 0 Å². The summed E-state index contributed by atoms with van der Waals surface area (Å²) in [7, 11) is 0. The van der Waals surface area contributed by atoms with Crippen LogP contribution in [0.4, 0.5) is 4.39 Å². The van der Waals surface area contributed by atoms with E-state index in [1.807, 2.05) is 19.1 Å². The van der Waals surface area contributed by atoms with Crippen molar-refractivity contribution >= 4 is 23.8 Å². The molecule has 0 saturated carbocycles. The lowest BCUT2D eigenvalue weighted by molar-refractivity contribution is -0.124. The van der Waals surface area contributed by atoms with Gasteiger partial charge in [-0.3, -0.25) is 14.8 Å². The highest BCUT2D eigenvalue weighted by molar-refractivity contribution is 6.06. The summed E-state index contributed by atoms with van der Waals surface area (Å²) in [5, 5.41) is 8.38. The van der Waals surface area contributed by atoms with Gasteiger partial charge in [0.1, 0.15) is 5.82 Å². The summed E-state index contributed by atoms with van der Waals surface area (Å²) in [6.07, 6.45) is 5.16. The monoisotopic (exact) mass is 325 g/mol. The summed E-state index contributed by atoms with van der Waals surface area (Å²) in [5.41, 5.74) is 3.75. The van der Waals surface area contributed by atoms with Gasteiger partial charge in [-0.1, -0.05) is 42.0 Å². The molecule has 0 aliphatic rings. The van der Waals surface area contributed by atoms with Crippen molar-refractivity contribution < 1.29 is 19.2 Å². The van der Waals surface area contributed by atoms with E-state index >= 15 is 0 Å². The number of carbonyl (C=O) groups is 2. The van der Waals surface area contributed by atoms with Crippen LogP contribution >= 0.6 is 0 Å². The Balaban J connectivity index is 2.12. The molecule has 0 aromatic heterocycles. The van der Waals surface area contributed by atoms with E-state index in [1.54, 1.807) is 18.2 Å². The van der Waals surface area contributed by atoms with Crippen LogP contribution in [0.3, 0.4) is 0 Å². The maximum atomic E-state index is 14.0. The van der Waals surface area contributed by atoms with Gasteiger partial charge < -0.3 is 0 Å². The number of hydroxylamine groups is 1. The van der Waals surface area contributed by atoms with Crippen LogP contribution in [0, 0.1) is 12.7 Å². The molecule has 0 aliphatic carbocycles. The summed E-state index contributed by atoms with van der Waals surface area (Å²) < 4.78 is 14.0. The van der Waals surface area contributed by atoms with Gasteiger partial charge in [0.2, 0.25) is 0 Å². The van der Waals surface area contributed by atoms with Crippen LogP contribution in [0.5, 0.6) is 0 Å². The topological polar surface area (TPSA) is 66.4 Å². The molecule has 1 amide bonds. The Morgan fingerprint density at radius 1 is 1.04 bits per heavy atom. The Labute approximate surface area is 138 Å². The fourth-order valence-corrected chi connectivity index (χ4v) is 1.97. The normalized spacial score (nSPS) is 11.1. The quantitative estimate of drug-likeness (QED) is 0.382. The summed E-state index contributed by atoms with van der Waals surface area (Å²) in [4.78, 5) is 22.9. The standard InChI is InChI=1S/C19H16FNO3/c1-13-2-6-16(7-3-13)18(22)10-9-15-8-4-14(12-17(15)20)5-11-19(23)21-24/h2-12,24H,1H3,(H,21,23)/b10-9+,11-5+. The van der Waals surface area contributed by atoms with Crippen molar-refractivity contribution in [3.8, 4) is 0 Å². The molecule has 0 unspecified atom stereocenters. The van der Waals surface area contributed by atoms with Crippen molar-refractivity contribution in [3.05, 3.63) is 82.7 Å². The SMILES string of the molecule is Cc1ccc(C(=O)/C=C/c2ccc(/C=C/C(=O)NO)cc2F)cc1. The number of allylic oxidation sites excluding steroid dienone is 1. The van der Waals surface area contributed by atoms with Crippen molar-refractivity contribution in [2.75, 3.05) is 0 Å². The molecule has 0 bridgehead atoms. The Kier molecular flexibility index (Phi) is 5.76. The number of amides is 1. The lowest BCUT2D eigenvalue weighted by Gasteiger charge is -2.00. The molecule has 2 aromatic carbocycles. The molecule has 0 radical (unpaired) electrons. The zero-order valence-electron chi connectivity index (χ0n) is 13.0. The van der Waals surface area contributed by atoms with Crippen molar-refractivity contribution in [2.45, 2.75) is 6.92 Å². The molecule has 2 aromatic rings. The minimum absolute atomic E-state index is 0.210. The van der Waals surface area contributed by atoms with Crippen molar-refractivity contribution in [3.63, 3.8) is 0 Å². The zero-order valence-corrected chi connectivity index (χ0v) is 13.0. The van der Waals surface area contributed by atoms with Crippen LogP contribution in [-0.4, -0.2) is 16.9 Å². The molecule has 5 heteroatoms. The smallest absolute Gasteiger partial charge is 0.267 e. The van der Waals surface area contributed by atoms with Gasteiger partial charge >= 0.3 is 0 Å². The predicted molar refractivity (Wildman–Crippen MR) is 89.9 cm³/mol. The highest BCUT2D eigenvalue weighted by atomic mass is 19.1. The maximum Gasteiger partial charge on any atom is 0.267 e. The van der Waals surface area contributed by atoms with Gasteiger partial charge in [-0.15, -0.1) is 0 Å². The molecule has 0 fully saturated rings. The Bertz CT molecular complexity index is 808. The van der Waals surface area contributed by atoms with Gasteiger partial charge in [-0.05, 0) is 36.8 Å². The second kappa shape index (κ2) is 7.99. The highest BCUT2D eigenvalue weighted by Crippen LogP contribution is 2.14. The van der Waals surface area contributed by atoms with E-state index < -0.39 is 11.7 Å². The lowest BCUT2D eigenvalue weighted by atomic mass is 10.1. The molecule has 4 nitrogen and oxygen atoms in total. The van der Waals surface area contributed by atoms with Gasteiger partial charge in [0.15, 0.2) is 5.78 Å². The van der Waals surface area contributed by atoms with Crippen LogP contribution < -0.4 is 5.48 Å². The van der Waals surface area contributed by atoms with Gasteiger partial charge in [0, 0.05) is 17.2 Å². The fourth-order valence-electron chi connectivity index (χ4n) is 1.97. The first-order valence-electron chi connectivity index (χ1n) is 7.20. The van der Waals surface area contributed by atoms with Crippen LogP contribution in [0.15, 0.2) is 54.6 Å². The minimum Gasteiger partial charge on any atom is -0.289 e. The molecule has 2 rings (SSSR count). The van der Waals surface area contributed by atoms with E-state index in [-0.39, 0.29) is 11.3 Å². The fraction of sp³-hybridized carbons (Fsp3) is 0.0526. The van der Waals surface area contributed by atoms with Crippen LogP contribution in [-0.2, 0) is 4.79 Å². The molecular formula is C19H16FNO3. The zero-order chi connectivity index (χ0) is 17.5. The summed E-state index contributed by atoms with van der Waals surface area (Å²) >= 11 is 0. The van der Waals surface area contributed by atoms with E-state index in [9.17, 15) is 14.0 Å². The third-order valence-electron chi connectivity index (χ3n) is 3.31. The maximum absolute atomic E-state index is 14.0. The largest absolute Gasteiger partial charge is 0.289 e. The van der Waals surface area contributed by atoms with Crippen molar-refractivity contribution in [2.24, 2.45) is 0 Å². The molecular weight excluding hydrogens is 309 g/mol. The molecule has 0 spiro atoms. The molecule has 0 heterocycles. The van der Waals surface area contributed by atoms with Gasteiger partial charge in [0.05, 0.1) is 0 Å². The highest BCUT2D eigenvalue weighted by Gasteiger charge is 2.03. The predicted octanol–water partition coefficient (Wildman–Crippen LogP) is 3.55. The van der Waals surface area contributed by atoms with Gasteiger partial charge in [-0.25, -0.2) is 9.87 Å². The second-order valence-electron chi connectivity index (χ2n) is 5.15. The number of hydrogen-bond acceptors (Lipinski definition) is 3. The summed E-state index contributed by atoms with van der Waals surface area (Å²) in [6.45, 7) is 1.93. The van der Waals surface area contributed by atoms with Crippen LogP contribution in [0.25, 0.3) is 12.2 Å². The third-order valence-corrected chi connectivity index (χ3v) is 3.31. The first-order chi connectivity index (χ1) is 11.5. The lowest BCUT2D eigenvalue weighted by Crippen LogP contribution is -2.14. The molecule has 0 atom stereocenters. The number of halogens is 1. The third kappa shape index (κ3) is 4.72. The van der Waals surface area contributed by atoms with E-state index in [2.05, 4.69) is 0 Å². The molecule has 122 valence electrons. The van der Waals surface area contributed by atoms with E-state index in [1.165, 1.54) is 35.8 Å². The summed E-state index contributed by atoms with van der Waals surface area (Å²) in [6, 6.07) is 11.5. The van der Waals surface area contributed by atoms with E-state index in [4.69, 9.17) is 5.21 Å². The number of hydrogen-bond donors (Lipinski definition) is 2. The number of ketones is 1. The Morgan fingerprint density at radius 2 is 1.75 bits per heavy atom. The Morgan fingerprint density at radius 3 is 2.38 bits per heavy atom. The Hall–Kier alpha value is -3.05. The number of carbonyl (C=O) groups excluding carboxylic acids is 2. The molecule has 2 N–H and O–H groups in total. The van der Waals surface area contributed by atoms with Crippen LogP contribution in [0.1, 0.15) is 27.0 Å². The molecule has 0 aliphatic heterocycles. The average Bonchev–Trinajstić information content (AvgIpc) is 2.59. The molecule has 24 heavy (non-hydrogen) atoms. The van der Waals surface area contributed by atoms with E-state index in [0.29, 0.717) is 11.1 Å². The average molecular weight is 325 g/mol. The summed E-state index contributed by atoms with van der Waals surface area (Å²) in [5.74, 6) is -1.43. The number of nitrogens with one attached hydrogen (secondary N) is 1. The van der Waals surface area contributed by atoms with E-state index in [0.717, 1.165) is 11.6 Å². The first-order valence-corrected chi connectivity index (χ1v) is 7.20. The van der Waals surface area contributed by atoms with Crippen LogP contribution in [0.2, 0.25) is 0 Å². The number of benzene rings is 2. The molecule has 0 saturated heterocycles. The van der Waals surface area contributed by atoms with Gasteiger partial charge in [0.25, 0.3) is 5.91 Å². The van der Waals surface area contributed by atoms with Gasteiger partial charge in [-0.2, -0.15) is 0 Å². The second-order valence-corrected chi connectivity index (χ2v) is 5.15. The first kappa shape index (κ1) is 17.3. The minimum atomic E-state index is -0.705. The number of rotatable bonds is 5. The van der Waals surface area contributed by atoms with Crippen molar-refractivity contribution in [1.82, 2.24) is 5.48 Å². The number of aryl methyl sites for hydroxylation is 1.